The van der Waals surface area contributed by atoms with Gasteiger partial charge in [-0.2, -0.15) is 4.39 Å². The number of halogens is 2. The zero-order valence-electron chi connectivity index (χ0n) is 9.98. The number of ether oxygens (including phenoxy) is 1. The van der Waals surface area contributed by atoms with Gasteiger partial charge in [0.05, 0.1) is 7.11 Å². The molecule has 1 aromatic heterocycles. The third-order valence-corrected chi connectivity index (χ3v) is 3.27. The van der Waals surface area contributed by atoms with Crippen LogP contribution in [0, 0.1) is 5.13 Å². The van der Waals surface area contributed by atoms with Crippen molar-refractivity contribution < 1.29 is 9.13 Å². The zero-order valence-corrected chi connectivity index (χ0v) is 11.6. The quantitative estimate of drug-likeness (QED) is 0.907. The van der Waals surface area contributed by atoms with Crippen LogP contribution in [0.1, 0.15) is 10.4 Å². The molecule has 0 radical (unpaired) electrons. The van der Waals surface area contributed by atoms with Crippen molar-refractivity contribution in [3.63, 3.8) is 0 Å². The fourth-order valence-corrected chi connectivity index (χ4v) is 2.26. The topological polar surface area (TPSA) is 21.3 Å². The molecule has 2 rings (SSSR count). The highest BCUT2D eigenvalue weighted by molar-refractivity contribution is 7.10. The summed E-state index contributed by atoms with van der Waals surface area (Å²) in [5, 5.41) is 3.13. The molecule has 0 aliphatic rings. The first kappa shape index (κ1) is 15.0. The van der Waals surface area contributed by atoms with E-state index in [2.05, 4.69) is 5.32 Å². The molecule has 1 heterocycles. The number of hydrogen-bond donors (Lipinski definition) is 1. The van der Waals surface area contributed by atoms with Gasteiger partial charge in [-0.05, 0) is 29.8 Å². The molecule has 0 aliphatic carbocycles. The molecule has 0 amide bonds. The third kappa shape index (κ3) is 4.29. The van der Waals surface area contributed by atoms with Gasteiger partial charge in [0.15, 0.2) is 5.13 Å². The summed E-state index contributed by atoms with van der Waals surface area (Å²) in [5.74, 6) is 0.853. The number of methoxy groups -OCH3 is 1. The first-order valence-electron chi connectivity index (χ1n) is 5.36. The van der Waals surface area contributed by atoms with Gasteiger partial charge in [0, 0.05) is 18.0 Å². The number of benzene rings is 1. The lowest BCUT2D eigenvalue weighted by molar-refractivity contribution is 0.414. The molecule has 0 aliphatic heterocycles. The van der Waals surface area contributed by atoms with E-state index in [-0.39, 0.29) is 17.5 Å². The number of thiophene rings is 1. The molecule has 1 N–H and O–H groups in total. The van der Waals surface area contributed by atoms with Crippen LogP contribution in [0.3, 0.4) is 0 Å². The number of nitrogens with one attached hydrogen (secondary N) is 1. The summed E-state index contributed by atoms with van der Waals surface area (Å²) in [5.41, 5.74) is 1.15. The van der Waals surface area contributed by atoms with Crippen LogP contribution in [0.15, 0.2) is 36.4 Å². The third-order valence-electron chi connectivity index (χ3n) is 2.39. The molecule has 0 saturated carbocycles. The second-order valence-corrected chi connectivity index (χ2v) is 4.78. The average Bonchev–Trinajstić information content (AvgIpc) is 2.75. The summed E-state index contributed by atoms with van der Waals surface area (Å²) in [6, 6.07) is 11.2. The van der Waals surface area contributed by atoms with Crippen LogP contribution in [0.5, 0.6) is 5.75 Å². The highest BCUT2D eigenvalue weighted by atomic mass is 35.5. The second kappa shape index (κ2) is 7.36. The largest absolute Gasteiger partial charge is 0.497 e. The molecule has 0 saturated heterocycles. The van der Waals surface area contributed by atoms with Crippen molar-refractivity contribution in [1.82, 2.24) is 5.32 Å². The van der Waals surface area contributed by atoms with Crippen LogP contribution in [-0.2, 0) is 13.1 Å². The monoisotopic (exact) mass is 287 g/mol. The summed E-state index contributed by atoms with van der Waals surface area (Å²) in [6.07, 6.45) is 0. The van der Waals surface area contributed by atoms with E-state index >= 15 is 0 Å². The van der Waals surface area contributed by atoms with Crippen LogP contribution in [0.25, 0.3) is 0 Å². The van der Waals surface area contributed by atoms with Crippen LogP contribution in [0.4, 0.5) is 4.39 Å². The van der Waals surface area contributed by atoms with Gasteiger partial charge in [-0.3, -0.25) is 0 Å². The lowest BCUT2D eigenvalue weighted by atomic mass is 10.2. The Morgan fingerprint density at radius 1 is 1.22 bits per heavy atom. The van der Waals surface area contributed by atoms with E-state index in [4.69, 9.17) is 4.74 Å². The lowest BCUT2D eigenvalue weighted by Crippen LogP contribution is -2.11. The summed E-state index contributed by atoms with van der Waals surface area (Å²) in [4.78, 5) is 1.00. The van der Waals surface area contributed by atoms with E-state index in [0.29, 0.717) is 6.54 Å². The normalized spacial score (nSPS) is 9.89. The van der Waals surface area contributed by atoms with Gasteiger partial charge in [0.2, 0.25) is 0 Å². The highest BCUT2D eigenvalue weighted by Crippen LogP contribution is 2.15. The van der Waals surface area contributed by atoms with Crippen molar-refractivity contribution in [2.75, 3.05) is 7.11 Å². The molecule has 0 fully saturated rings. The fourth-order valence-electron chi connectivity index (χ4n) is 1.56. The molecule has 98 valence electrons. The summed E-state index contributed by atoms with van der Waals surface area (Å²) in [7, 11) is 1.65. The van der Waals surface area contributed by atoms with Gasteiger partial charge in [0.25, 0.3) is 0 Å². The van der Waals surface area contributed by atoms with Crippen molar-refractivity contribution in [3.8, 4) is 5.75 Å². The van der Waals surface area contributed by atoms with Crippen molar-refractivity contribution >= 4 is 23.7 Å². The van der Waals surface area contributed by atoms with Gasteiger partial charge in [0.1, 0.15) is 5.75 Å². The van der Waals surface area contributed by atoms with E-state index in [1.165, 1.54) is 17.4 Å². The van der Waals surface area contributed by atoms with Crippen LogP contribution >= 0.6 is 23.7 Å². The van der Waals surface area contributed by atoms with E-state index in [0.717, 1.165) is 22.7 Å². The molecule has 5 heteroatoms. The number of rotatable bonds is 5. The molecule has 0 spiro atoms. The molecule has 1 aromatic carbocycles. The Labute approximate surface area is 116 Å². The van der Waals surface area contributed by atoms with Crippen LogP contribution < -0.4 is 10.1 Å². The molecular formula is C13H15ClFNOS. The van der Waals surface area contributed by atoms with Crippen LogP contribution in [-0.4, -0.2) is 7.11 Å². The van der Waals surface area contributed by atoms with E-state index in [9.17, 15) is 4.39 Å². The summed E-state index contributed by atoms with van der Waals surface area (Å²) in [6.45, 7) is 1.43. The lowest BCUT2D eigenvalue weighted by Gasteiger charge is -2.05. The minimum atomic E-state index is -0.136. The summed E-state index contributed by atoms with van der Waals surface area (Å²) >= 11 is 1.18. The SMILES string of the molecule is COc1cccc(CNCc2ccc(F)s2)c1.Cl. The van der Waals surface area contributed by atoms with Gasteiger partial charge in [-0.25, -0.2) is 0 Å². The highest BCUT2D eigenvalue weighted by Gasteiger charge is 1.99. The Hall–Kier alpha value is -1.10. The first-order chi connectivity index (χ1) is 8.28. The smallest absolute Gasteiger partial charge is 0.176 e. The molecule has 18 heavy (non-hydrogen) atoms. The fraction of sp³-hybridized carbons (Fsp3) is 0.231. The minimum absolute atomic E-state index is 0. The summed E-state index contributed by atoms with van der Waals surface area (Å²) < 4.78 is 17.9. The van der Waals surface area contributed by atoms with Gasteiger partial charge >= 0.3 is 0 Å². The molecule has 2 aromatic rings. The predicted molar refractivity (Wildman–Crippen MR) is 75.1 cm³/mol. The standard InChI is InChI=1S/C13H14FNOS.ClH/c1-16-11-4-2-3-10(7-11)8-15-9-12-5-6-13(14)17-12;/h2-7,15H,8-9H2,1H3;1H. The number of hydrogen-bond acceptors (Lipinski definition) is 3. The van der Waals surface area contributed by atoms with E-state index < -0.39 is 0 Å². The first-order valence-corrected chi connectivity index (χ1v) is 6.17. The van der Waals surface area contributed by atoms with Gasteiger partial charge < -0.3 is 10.1 Å². The van der Waals surface area contributed by atoms with Crippen molar-refractivity contribution in [1.29, 1.82) is 0 Å². The van der Waals surface area contributed by atoms with E-state index in [1.54, 1.807) is 13.2 Å². The molecule has 0 atom stereocenters. The van der Waals surface area contributed by atoms with E-state index in [1.807, 2.05) is 24.3 Å². The maximum absolute atomic E-state index is 12.8. The minimum Gasteiger partial charge on any atom is -0.497 e. The Bertz CT molecular complexity index is 489. The predicted octanol–water partition coefficient (Wildman–Crippen LogP) is 3.61. The van der Waals surface area contributed by atoms with Crippen molar-refractivity contribution in [2.24, 2.45) is 0 Å². The Morgan fingerprint density at radius 2 is 2.06 bits per heavy atom. The Morgan fingerprint density at radius 3 is 2.72 bits per heavy atom. The molecule has 0 unspecified atom stereocenters. The van der Waals surface area contributed by atoms with Crippen LogP contribution in [0.2, 0.25) is 0 Å². The van der Waals surface area contributed by atoms with Crippen molar-refractivity contribution in [3.05, 3.63) is 52.0 Å². The molecule has 0 bridgehead atoms. The zero-order chi connectivity index (χ0) is 12.1. The maximum atomic E-state index is 12.8. The second-order valence-electron chi connectivity index (χ2n) is 3.66. The average molecular weight is 288 g/mol. The maximum Gasteiger partial charge on any atom is 0.176 e. The Balaban J connectivity index is 0.00000162. The Kier molecular flexibility index (Phi) is 6.12. The molecular weight excluding hydrogens is 273 g/mol. The van der Waals surface area contributed by atoms with Gasteiger partial charge in [-0.15, -0.1) is 23.7 Å². The molecule has 2 nitrogen and oxygen atoms in total. The van der Waals surface area contributed by atoms with Crippen molar-refractivity contribution in [2.45, 2.75) is 13.1 Å². The van der Waals surface area contributed by atoms with Gasteiger partial charge in [-0.1, -0.05) is 12.1 Å².